The fraction of sp³-hybridized carbons (Fsp3) is 0.280. The third kappa shape index (κ3) is 12.5. The summed E-state index contributed by atoms with van der Waals surface area (Å²) in [5.41, 5.74) is 13.0. The number of nitrogens with one attached hydrogen (secondary N) is 4. The Bertz CT molecular complexity index is 2700. The summed E-state index contributed by atoms with van der Waals surface area (Å²) >= 11 is 6.35. The molecule has 67 heavy (non-hydrogen) atoms. The lowest BCUT2D eigenvalue weighted by Crippen LogP contribution is -2.34. The van der Waals surface area contributed by atoms with E-state index in [-0.39, 0.29) is 42.1 Å². The molecular formula is C50H50ClF2N9O5. The number of benzene rings is 4. The van der Waals surface area contributed by atoms with E-state index in [4.69, 9.17) is 31.8 Å². The molecule has 0 radical (unpaired) electrons. The molecule has 4 aromatic carbocycles. The molecule has 1 atom stereocenters. The number of carbonyl (C=O) groups excluding carboxylic acids is 3. The van der Waals surface area contributed by atoms with E-state index >= 15 is 0 Å². The molecule has 0 saturated heterocycles. The zero-order chi connectivity index (χ0) is 47.1. The van der Waals surface area contributed by atoms with Gasteiger partial charge in [-0.1, -0.05) is 53.8 Å². The quantitative estimate of drug-likeness (QED) is 0.0309. The fourth-order valence-electron chi connectivity index (χ4n) is 7.55. The van der Waals surface area contributed by atoms with Crippen molar-refractivity contribution in [2.75, 3.05) is 51.4 Å². The van der Waals surface area contributed by atoms with Gasteiger partial charge in [0.2, 0.25) is 18.3 Å². The Morgan fingerprint density at radius 2 is 1.72 bits per heavy atom. The third-order valence-electron chi connectivity index (χ3n) is 11.1. The number of anilines is 2. The summed E-state index contributed by atoms with van der Waals surface area (Å²) in [5, 5.41) is 12.2. The number of hydrogen-bond acceptors (Lipinski definition) is 12. The molecule has 3 amide bonds. The maximum Gasteiger partial charge on any atom is 0.254 e. The van der Waals surface area contributed by atoms with Gasteiger partial charge in [0.15, 0.2) is 0 Å². The number of nitrogens with zero attached hydrogens (tertiary/aromatic N) is 4. The Kier molecular flexibility index (Phi) is 16.8. The lowest BCUT2D eigenvalue weighted by Gasteiger charge is -2.24. The first-order valence-electron chi connectivity index (χ1n) is 21.8. The Hall–Kier alpha value is -7.03. The maximum atomic E-state index is 14.9. The van der Waals surface area contributed by atoms with E-state index in [2.05, 4.69) is 43.1 Å². The molecule has 346 valence electrons. The molecule has 5 aromatic rings. The highest BCUT2D eigenvalue weighted by Crippen LogP contribution is 2.35. The van der Waals surface area contributed by atoms with Crippen molar-refractivity contribution in [2.24, 2.45) is 10.7 Å². The van der Waals surface area contributed by atoms with Crippen LogP contribution in [0.1, 0.15) is 69.9 Å². The molecule has 6 N–H and O–H groups in total. The van der Waals surface area contributed by atoms with Crippen LogP contribution in [0.5, 0.6) is 0 Å². The standard InChI is InChI=1S/C50H50ClF2N9O5/c1-32(11-18-45(64)59-31-63)62-30-41-33(7-4-8-39(41)49(62)65)6-2-3-19-55-20-22-66-24-25-67-23-21-56-29-44(54)34-12-15-37(16-13-34)60-50-58-28-35-27-57-48(46-42(52)9-5-10-43(46)53)40-26-36(51)14-17-38(40)47(35)61-50/h4-5,7-10,12-17,26,28-29,31-32,55-56H,3,11,18-25,27,30,54H2,1H3,(H,58,60,61)(H,59,63,64)/b44-29-. The minimum absolute atomic E-state index is 0.0750. The molecular weight excluding hydrogens is 880 g/mol. The predicted molar refractivity (Wildman–Crippen MR) is 253 cm³/mol. The minimum Gasteiger partial charge on any atom is -0.397 e. The average Bonchev–Trinajstić information content (AvgIpc) is 3.59. The van der Waals surface area contributed by atoms with Gasteiger partial charge < -0.3 is 36.1 Å². The number of halogens is 3. The lowest BCUT2D eigenvalue weighted by molar-refractivity contribution is -0.125. The van der Waals surface area contributed by atoms with E-state index in [1.54, 1.807) is 41.6 Å². The Morgan fingerprint density at radius 3 is 2.49 bits per heavy atom. The van der Waals surface area contributed by atoms with Gasteiger partial charge in [0.25, 0.3) is 5.91 Å². The molecule has 0 bridgehead atoms. The van der Waals surface area contributed by atoms with Crippen LogP contribution in [0.25, 0.3) is 17.0 Å². The molecule has 0 spiro atoms. The molecule has 1 unspecified atom stereocenters. The normalized spacial score (nSPS) is 13.3. The number of imide groups is 1. The monoisotopic (exact) mass is 929 g/mol. The van der Waals surface area contributed by atoms with Crippen molar-refractivity contribution in [1.82, 2.24) is 30.8 Å². The number of aromatic nitrogens is 2. The number of amides is 3. The molecule has 0 saturated carbocycles. The number of carbonyl (C=O) groups is 3. The SMILES string of the molecule is CC(CCC(=O)NC=O)N1Cc2c(C#CCCNCCOCCOCCN/C=C(\N)c3ccc(Nc4ncc5c(n4)-c4ccc(Cl)cc4C(c4c(F)cccc4F)=NC5)cc3)cccc2C1=O. The van der Waals surface area contributed by atoms with Crippen molar-refractivity contribution in [3.63, 3.8) is 0 Å². The van der Waals surface area contributed by atoms with Crippen LogP contribution < -0.4 is 27.0 Å². The van der Waals surface area contributed by atoms with Gasteiger partial charge in [-0.05, 0) is 73.0 Å². The van der Waals surface area contributed by atoms with E-state index in [1.165, 1.54) is 18.2 Å². The van der Waals surface area contributed by atoms with Gasteiger partial charge in [0.1, 0.15) is 11.6 Å². The average molecular weight is 930 g/mol. The summed E-state index contributed by atoms with van der Waals surface area (Å²) < 4.78 is 41.2. The van der Waals surface area contributed by atoms with Crippen LogP contribution in [-0.4, -0.2) is 90.9 Å². The predicted octanol–water partition coefficient (Wildman–Crippen LogP) is 6.48. The second kappa shape index (κ2) is 23.4. The minimum atomic E-state index is -0.723. The van der Waals surface area contributed by atoms with Gasteiger partial charge >= 0.3 is 0 Å². The van der Waals surface area contributed by atoms with Crippen LogP contribution in [0, 0.1) is 23.5 Å². The summed E-state index contributed by atoms with van der Waals surface area (Å²) in [6, 6.07) is 21.7. The molecule has 14 nitrogen and oxygen atoms in total. The van der Waals surface area contributed by atoms with Crippen molar-refractivity contribution in [3.05, 3.63) is 147 Å². The molecule has 3 heterocycles. The molecule has 17 heteroatoms. The fourth-order valence-corrected chi connectivity index (χ4v) is 7.73. The van der Waals surface area contributed by atoms with Gasteiger partial charge in [-0.2, -0.15) is 0 Å². The van der Waals surface area contributed by atoms with Crippen LogP contribution in [0.4, 0.5) is 20.4 Å². The number of aliphatic imine (C=N–C) groups is 1. The smallest absolute Gasteiger partial charge is 0.254 e. The molecule has 2 aliphatic rings. The van der Waals surface area contributed by atoms with Crippen LogP contribution in [0.15, 0.2) is 96.3 Å². The van der Waals surface area contributed by atoms with Crippen LogP contribution >= 0.6 is 11.6 Å². The first kappa shape index (κ1) is 47.9. The zero-order valence-electron chi connectivity index (χ0n) is 36.8. The number of fused-ring (bicyclic) bond motifs is 4. The highest BCUT2D eigenvalue weighted by atomic mass is 35.5. The summed E-state index contributed by atoms with van der Waals surface area (Å²) in [5.74, 6) is 4.85. The highest BCUT2D eigenvalue weighted by Gasteiger charge is 2.32. The molecule has 0 fully saturated rings. The van der Waals surface area contributed by atoms with Crippen LogP contribution in [-0.2, 0) is 32.2 Å². The first-order chi connectivity index (χ1) is 32.6. The van der Waals surface area contributed by atoms with Crippen molar-refractivity contribution >= 4 is 52.9 Å². The molecule has 7 rings (SSSR count). The first-order valence-corrected chi connectivity index (χ1v) is 22.2. The van der Waals surface area contributed by atoms with Crippen molar-refractivity contribution in [2.45, 2.75) is 45.3 Å². The zero-order valence-corrected chi connectivity index (χ0v) is 37.6. The summed E-state index contributed by atoms with van der Waals surface area (Å²) in [4.78, 5) is 50.8. The Balaban J connectivity index is 0.770. The van der Waals surface area contributed by atoms with Crippen molar-refractivity contribution < 1.29 is 32.6 Å². The van der Waals surface area contributed by atoms with Gasteiger partial charge in [-0.3, -0.25) is 24.7 Å². The van der Waals surface area contributed by atoms with E-state index in [1.807, 2.05) is 43.3 Å². The third-order valence-corrected chi connectivity index (χ3v) is 11.3. The summed E-state index contributed by atoms with van der Waals surface area (Å²) in [6.45, 7) is 6.28. The van der Waals surface area contributed by atoms with Crippen LogP contribution in [0.2, 0.25) is 5.02 Å². The number of hydrogen-bond donors (Lipinski definition) is 5. The Labute approximate surface area is 392 Å². The number of rotatable bonds is 21. The second-order valence-electron chi connectivity index (χ2n) is 15.6. The largest absolute Gasteiger partial charge is 0.397 e. The van der Waals surface area contributed by atoms with E-state index in [0.717, 1.165) is 22.4 Å². The second-order valence-corrected chi connectivity index (χ2v) is 16.1. The van der Waals surface area contributed by atoms with E-state index < -0.39 is 11.6 Å². The molecule has 0 aliphatic carbocycles. The summed E-state index contributed by atoms with van der Waals surface area (Å²) in [7, 11) is 0. The van der Waals surface area contributed by atoms with Gasteiger partial charge in [0, 0.05) is 96.0 Å². The number of nitrogens with two attached hydrogens (primary N) is 1. The molecule has 2 aliphatic heterocycles. The maximum absolute atomic E-state index is 14.9. The molecule has 1 aromatic heterocycles. The number of ether oxygens (including phenoxy) is 2. The topological polar surface area (TPSA) is 185 Å². The highest BCUT2D eigenvalue weighted by molar-refractivity contribution is 6.31. The van der Waals surface area contributed by atoms with E-state index in [0.29, 0.717) is 116 Å². The van der Waals surface area contributed by atoms with Gasteiger partial charge in [-0.15, -0.1) is 0 Å². The van der Waals surface area contributed by atoms with Gasteiger partial charge in [-0.25, -0.2) is 18.7 Å². The van der Waals surface area contributed by atoms with E-state index in [9.17, 15) is 23.2 Å². The lowest BCUT2D eigenvalue weighted by atomic mass is 9.95. The van der Waals surface area contributed by atoms with Gasteiger partial charge in [0.05, 0.1) is 55.6 Å². The van der Waals surface area contributed by atoms with Crippen molar-refractivity contribution in [1.29, 1.82) is 0 Å². The Morgan fingerprint density at radius 1 is 0.955 bits per heavy atom. The van der Waals surface area contributed by atoms with Crippen molar-refractivity contribution in [3.8, 4) is 23.1 Å². The van der Waals surface area contributed by atoms with Crippen LogP contribution in [0.3, 0.4) is 0 Å². The summed E-state index contributed by atoms with van der Waals surface area (Å²) in [6.07, 6.45) is 4.99.